The minimum atomic E-state index is -4.44. The number of halogens is 2. The number of para-hydroxylation sites is 1. The van der Waals surface area contributed by atoms with Gasteiger partial charge in [0.05, 0.1) is 0 Å². The summed E-state index contributed by atoms with van der Waals surface area (Å²) in [5.41, 5.74) is 0. The molecule has 2 rings (SSSR count). The van der Waals surface area contributed by atoms with Crippen molar-refractivity contribution in [1.82, 2.24) is 0 Å². The first kappa shape index (κ1) is 12.4. The first-order valence-corrected chi connectivity index (χ1v) is 5.00. The SMILES string of the molecule is CC1(C)Oc2cccc(OC(F)(F)C(=O)[O-])c2O1. The normalized spacial score (nSPS) is 16.4. The van der Waals surface area contributed by atoms with Gasteiger partial charge in [0, 0.05) is 13.8 Å². The molecule has 0 N–H and O–H groups in total. The van der Waals surface area contributed by atoms with Crippen LogP contribution in [0.2, 0.25) is 0 Å². The lowest BCUT2D eigenvalue weighted by Gasteiger charge is -2.20. The molecular weight excluding hydrogens is 250 g/mol. The van der Waals surface area contributed by atoms with E-state index in [4.69, 9.17) is 9.47 Å². The van der Waals surface area contributed by atoms with Crippen molar-refractivity contribution < 1.29 is 32.9 Å². The van der Waals surface area contributed by atoms with E-state index in [2.05, 4.69) is 4.74 Å². The van der Waals surface area contributed by atoms with Gasteiger partial charge in [-0.2, -0.15) is 8.78 Å². The van der Waals surface area contributed by atoms with Crippen molar-refractivity contribution in [1.29, 1.82) is 0 Å². The molecule has 0 saturated heterocycles. The highest BCUT2D eigenvalue weighted by atomic mass is 19.3. The first-order chi connectivity index (χ1) is 8.21. The van der Waals surface area contributed by atoms with Crippen LogP contribution in [0.3, 0.4) is 0 Å². The van der Waals surface area contributed by atoms with E-state index in [0.29, 0.717) is 0 Å². The second-order valence-corrected chi connectivity index (χ2v) is 4.09. The third kappa shape index (κ3) is 2.15. The summed E-state index contributed by atoms with van der Waals surface area (Å²) in [6, 6.07) is 4.03. The number of carbonyl (C=O) groups excluding carboxylic acids is 1. The Labute approximate surface area is 101 Å². The number of hydrogen-bond donors (Lipinski definition) is 0. The molecular formula is C11H9F2O5-. The molecule has 0 atom stereocenters. The molecule has 98 valence electrons. The largest absolute Gasteiger partial charge is 0.541 e. The number of alkyl halides is 2. The van der Waals surface area contributed by atoms with E-state index >= 15 is 0 Å². The van der Waals surface area contributed by atoms with E-state index < -0.39 is 23.6 Å². The highest BCUT2D eigenvalue weighted by molar-refractivity contribution is 5.72. The fourth-order valence-corrected chi connectivity index (χ4v) is 1.47. The summed E-state index contributed by atoms with van der Waals surface area (Å²) in [6.07, 6.45) is -4.44. The molecule has 0 fully saturated rings. The fraction of sp³-hybridized carbons (Fsp3) is 0.364. The zero-order valence-corrected chi connectivity index (χ0v) is 9.53. The monoisotopic (exact) mass is 259 g/mol. The van der Waals surface area contributed by atoms with Crippen LogP contribution in [0.25, 0.3) is 0 Å². The number of rotatable bonds is 3. The van der Waals surface area contributed by atoms with E-state index in [1.807, 2.05) is 0 Å². The van der Waals surface area contributed by atoms with Gasteiger partial charge in [0.25, 0.3) is 0 Å². The molecule has 1 heterocycles. The zero-order chi connectivity index (χ0) is 13.6. The van der Waals surface area contributed by atoms with Crippen molar-refractivity contribution in [3.63, 3.8) is 0 Å². The number of ether oxygens (including phenoxy) is 3. The highest BCUT2D eigenvalue weighted by Crippen LogP contribution is 2.46. The average molecular weight is 259 g/mol. The molecule has 5 nitrogen and oxygen atoms in total. The van der Waals surface area contributed by atoms with Crippen LogP contribution in [0.1, 0.15) is 13.8 Å². The molecule has 1 aromatic carbocycles. The number of aliphatic carboxylic acids is 1. The highest BCUT2D eigenvalue weighted by Gasteiger charge is 2.39. The molecule has 0 bridgehead atoms. The van der Waals surface area contributed by atoms with Gasteiger partial charge in [-0.15, -0.1) is 0 Å². The summed E-state index contributed by atoms with van der Waals surface area (Å²) < 4.78 is 40.5. The Balaban J connectivity index is 2.33. The van der Waals surface area contributed by atoms with Gasteiger partial charge in [0.1, 0.15) is 0 Å². The molecule has 1 aliphatic rings. The van der Waals surface area contributed by atoms with Crippen molar-refractivity contribution in [2.24, 2.45) is 0 Å². The Morgan fingerprint density at radius 2 is 2.06 bits per heavy atom. The maximum atomic E-state index is 12.9. The molecule has 0 saturated carbocycles. The average Bonchev–Trinajstić information content (AvgIpc) is 2.52. The summed E-state index contributed by atoms with van der Waals surface area (Å²) in [5.74, 6) is -3.95. The second kappa shape index (κ2) is 3.72. The standard InChI is InChI=1S/C11H10F2O5/c1-10(2)16-6-4-3-5-7(8(6)18-10)17-11(12,13)9(14)15/h3-5H,1-2H3,(H,14,15)/p-1. The summed E-state index contributed by atoms with van der Waals surface area (Å²) >= 11 is 0. The van der Waals surface area contributed by atoms with Gasteiger partial charge in [-0.25, -0.2) is 0 Å². The third-order valence-electron chi connectivity index (χ3n) is 2.12. The van der Waals surface area contributed by atoms with Crippen LogP contribution in [-0.4, -0.2) is 17.9 Å². The number of benzene rings is 1. The van der Waals surface area contributed by atoms with Crippen molar-refractivity contribution >= 4 is 5.97 Å². The number of carbonyl (C=O) groups is 1. The molecule has 0 unspecified atom stereocenters. The van der Waals surface area contributed by atoms with Gasteiger partial charge >= 0.3 is 6.11 Å². The maximum absolute atomic E-state index is 12.9. The second-order valence-electron chi connectivity index (χ2n) is 4.09. The summed E-state index contributed by atoms with van der Waals surface area (Å²) in [5, 5.41) is 10.2. The predicted molar refractivity (Wildman–Crippen MR) is 52.4 cm³/mol. The Morgan fingerprint density at radius 3 is 2.67 bits per heavy atom. The molecule has 1 aliphatic heterocycles. The Morgan fingerprint density at radius 1 is 1.39 bits per heavy atom. The lowest BCUT2D eigenvalue weighted by atomic mass is 10.3. The fourth-order valence-electron chi connectivity index (χ4n) is 1.47. The molecule has 7 heteroatoms. The Kier molecular flexibility index (Phi) is 2.57. The first-order valence-electron chi connectivity index (χ1n) is 5.00. The van der Waals surface area contributed by atoms with Crippen molar-refractivity contribution in [3.8, 4) is 17.2 Å². The van der Waals surface area contributed by atoms with Crippen LogP contribution in [0.4, 0.5) is 8.78 Å². The smallest absolute Gasteiger partial charge is 0.441 e. The molecule has 1 aromatic rings. The quantitative estimate of drug-likeness (QED) is 0.807. The third-order valence-corrected chi connectivity index (χ3v) is 2.12. The van der Waals surface area contributed by atoms with Crippen LogP contribution < -0.4 is 19.3 Å². The van der Waals surface area contributed by atoms with Crippen LogP contribution >= 0.6 is 0 Å². The summed E-state index contributed by atoms with van der Waals surface area (Å²) in [7, 11) is 0. The molecule has 18 heavy (non-hydrogen) atoms. The summed E-state index contributed by atoms with van der Waals surface area (Å²) in [6.45, 7) is 3.15. The van der Waals surface area contributed by atoms with Crippen molar-refractivity contribution in [3.05, 3.63) is 18.2 Å². The summed E-state index contributed by atoms with van der Waals surface area (Å²) in [4.78, 5) is 10.2. The van der Waals surface area contributed by atoms with Crippen LogP contribution in [-0.2, 0) is 4.79 Å². The lowest BCUT2D eigenvalue weighted by Crippen LogP contribution is -2.45. The Bertz CT molecular complexity index is 498. The van der Waals surface area contributed by atoms with Gasteiger partial charge in [-0.3, -0.25) is 0 Å². The van der Waals surface area contributed by atoms with E-state index in [0.717, 1.165) is 6.07 Å². The number of carboxylic acids is 1. The molecule has 0 aliphatic carbocycles. The zero-order valence-electron chi connectivity index (χ0n) is 9.53. The van der Waals surface area contributed by atoms with Crippen LogP contribution in [0.5, 0.6) is 17.2 Å². The minimum Gasteiger partial charge on any atom is -0.541 e. The molecule has 0 spiro atoms. The maximum Gasteiger partial charge on any atom is 0.441 e. The minimum absolute atomic E-state index is 0.0663. The molecule has 0 radical (unpaired) electrons. The molecule has 0 amide bonds. The van der Waals surface area contributed by atoms with Gasteiger partial charge in [0.2, 0.25) is 11.5 Å². The number of hydrogen-bond acceptors (Lipinski definition) is 5. The van der Waals surface area contributed by atoms with E-state index in [9.17, 15) is 18.7 Å². The van der Waals surface area contributed by atoms with E-state index in [1.165, 1.54) is 12.1 Å². The van der Waals surface area contributed by atoms with Gasteiger partial charge < -0.3 is 24.1 Å². The Hall–Kier alpha value is -2.05. The molecule has 0 aromatic heterocycles. The van der Waals surface area contributed by atoms with Crippen LogP contribution in [0, 0.1) is 0 Å². The van der Waals surface area contributed by atoms with Crippen molar-refractivity contribution in [2.45, 2.75) is 25.7 Å². The number of carboxylic acid groups (broad SMARTS) is 1. The van der Waals surface area contributed by atoms with Gasteiger partial charge in [0.15, 0.2) is 17.5 Å². The van der Waals surface area contributed by atoms with Crippen LogP contribution in [0.15, 0.2) is 18.2 Å². The van der Waals surface area contributed by atoms with E-state index in [-0.39, 0.29) is 11.5 Å². The number of fused-ring (bicyclic) bond motifs is 1. The lowest BCUT2D eigenvalue weighted by molar-refractivity contribution is -0.350. The van der Waals surface area contributed by atoms with Crippen molar-refractivity contribution in [2.75, 3.05) is 0 Å². The van der Waals surface area contributed by atoms with Gasteiger partial charge in [-0.1, -0.05) is 6.07 Å². The topological polar surface area (TPSA) is 67.8 Å². The van der Waals surface area contributed by atoms with E-state index in [1.54, 1.807) is 13.8 Å². The predicted octanol–water partition coefficient (Wildman–Crippen LogP) is 0.915. The van der Waals surface area contributed by atoms with Gasteiger partial charge in [-0.05, 0) is 12.1 Å².